The molecule has 1 heterocycles. The van der Waals surface area contributed by atoms with Crippen LogP contribution in [0.5, 0.6) is 11.5 Å². The molecular formula is C38H34O7. The van der Waals surface area contributed by atoms with Crippen molar-refractivity contribution in [3.63, 3.8) is 0 Å². The highest BCUT2D eigenvalue weighted by Crippen LogP contribution is 2.38. The molecule has 45 heavy (non-hydrogen) atoms. The Labute approximate surface area is 261 Å². The van der Waals surface area contributed by atoms with Crippen LogP contribution in [-0.4, -0.2) is 56.1 Å². The first-order valence-corrected chi connectivity index (χ1v) is 15.0. The first-order valence-electron chi connectivity index (χ1n) is 15.0. The van der Waals surface area contributed by atoms with E-state index >= 15 is 0 Å². The van der Waals surface area contributed by atoms with E-state index in [1.807, 2.05) is 72.8 Å². The Bertz CT molecular complexity index is 1930. The molecule has 1 aliphatic heterocycles. The van der Waals surface area contributed by atoms with E-state index < -0.39 is 17.8 Å². The predicted octanol–water partition coefficient (Wildman–Crippen LogP) is 6.72. The minimum absolute atomic E-state index is 0.0748. The van der Waals surface area contributed by atoms with Gasteiger partial charge in [0.2, 0.25) is 0 Å². The molecule has 228 valence electrons. The minimum atomic E-state index is -1.55. The maximum Gasteiger partial charge on any atom is 0.194 e. The summed E-state index contributed by atoms with van der Waals surface area (Å²) in [6, 6.07) is 33.3. The maximum atomic E-state index is 14.4. The van der Waals surface area contributed by atoms with Crippen LogP contribution in [0.4, 0.5) is 0 Å². The summed E-state index contributed by atoms with van der Waals surface area (Å²) >= 11 is 0. The number of aliphatic hydroxyl groups is 1. The van der Waals surface area contributed by atoms with Gasteiger partial charge in [-0.3, -0.25) is 4.79 Å². The van der Waals surface area contributed by atoms with Gasteiger partial charge in [0.1, 0.15) is 29.3 Å². The highest BCUT2D eigenvalue weighted by Gasteiger charge is 2.53. The largest absolute Gasteiger partial charge is 0.497 e. The van der Waals surface area contributed by atoms with Crippen molar-refractivity contribution in [3.05, 3.63) is 120 Å². The fourth-order valence-corrected chi connectivity index (χ4v) is 6.34. The van der Waals surface area contributed by atoms with Crippen molar-refractivity contribution in [2.75, 3.05) is 27.4 Å². The van der Waals surface area contributed by atoms with Crippen molar-refractivity contribution in [1.29, 1.82) is 0 Å². The molecular weight excluding hydrogens is 568 g/mol. The molecule has 7 heteroatoms. The zero-order valence-electron chi connectivity index (χ0n) is 25.2. The second-order valence-electron chi connectivity index (χ2n) is 11.6. The van der Waals surface area contributed by atoms with E-state index in [9.17, 15) is 9.90 Å². The number of hydrogen-bond acceptors (Lipinski definition) is 7. The van der Waals surface area contributed by atoms with Gasteiger partial charge in [0.15, 0.2) is 5.78 Å². The maximum absolute atomic E-state index is 14.4. The summed E-state index contributed by atoms with van der Waals surface area (Å²) < 4.78 is 29.0. The van der Waals surface area contributed by atoms with Crippen LogP contribution >= 0.6 is 0 Å². The third-order valence-electron chi connectivity index (χ3n) is 8.74. The van der Waals surface area contributed by atoms with Gasteiger partial charge in [-0.25, -0.2) is 0 Å². The van der Waals surface area contributed by atoms with Gasteiger partial charge in [-0.05, 0) is 67.7 Å². The predicted molar refractivity (Wildman–Crippen MR) is 173 cm³/mol. The number of Topliss-reactive ketones (excluding diaryl/α,β-unsaturated/α-hetero) is 1. The van der Waals surface area contributed by atoms with E-state index in [0.717, 1.165) is 54.9 Å². The Morgan fingerprint density at radius 1 is 0.756 bits per heavy atom. The van der Waals surface area contributed by atoms with Crippen LogP contribution in [0, 0.1) is 0 Å². The standard InChI is InChI=1S/C38H34O7/c1-41-29-14-6-24(7-15-29)20-43-22-38(40)23-45-36(37(38)44-21-25-8-16-30(42-2)17-9-25)35(39)32-19-13-28-11-10-26-4-3-5-27-12-18-31(32)34(28)33(26)27/h3-19,36-37,40H,20-23H2,1-2H3/t36-,37+,38+/m0/s1. The Balaban J connectivity index is 1.19. The zero-order valence-corrected chi connectivity index (χ0v) is 25.2. The van der Waals surface area contributed by atoms with Gasteiger partial charge >= 0.3 is 0 Å². The average molecular weight is 603 g/mol. The second-order valence-corrected chi connectivity index (χ2v) is 11.6. The van der Waals surface area contributed by atoms with E-state index in [2.05, 4.69) is 30.3 Å². The molecule has 7 nitrogen and oxygen atoms in total. The molecule has 0 unspecified atom stereocenters. The van der Waals surface area contributed by atoms with Crippen LogP contribution in [0.2, 0.25) is 0 Å². The molecule has 7 rings (SSSR count). The van der Waals surface area contributed by atoms with Crippen LogP contribution in [0.15, 0.2) is 103 Å². The first kappa shape index (κ1) is 29.2. The van der Waals surface area contributed by atoms with E-state index in [1.165, 1.54) is 0 Å². The van der Waals surface area contributed by atoms with Gasteiger partial charge in [0.25, 0.3) is 0 Å². The van der Waals surface area contributed by atoms with Crippen molar-refractivity contribution < 1.29 is 33.6 Å². The number of carbonyl (C=O) groups excluding carboxylic acids is 1. The van der Waals surface area contributed by atoms with E-state index in [-0.39, 0.29) is 32.2 Å². The number of methoxy groups -OCH3 is 2. The summed E-state index contributed by atoms with van der Waals surface area (Å²) in [5, 5.41) is 18.2. The average Bonchev–Trinajstić information content (AvgIpc) is 3.41. The molecule has 0 radical (unpaired) electrons. The summed E-state index contributed by atoms with van der Waals surface area (Å²) in [7, 11) is 3.23. The van der Waals surface area contributed by atoms with E-state index in [0.29, 0.717) is 5.56 Å². The Hall–Kier alpha value is -4.53. The number of benzene rings is 6. The van der Waals surface area contributed by atoms with E-state index in [4.69, 9.17) is 23.7 Å². The Morgan fingerprint density at radius 2 is 1.33 bits per heavy atom. The molecule has 1 saturated heterocycles. The van der Waals surface area contributed by atoms with Gasteiger partial charge in [0, 0.05) is 5.56 Å². The normalized spacial score (nSPS) is 19.9. The molecule has 6 aromatic rings. The summed E-state index contributed by atoms with van der Waals surface area (Å²) in [4.78, 5) is 14.4. The third-order valence-corrected chi connectivity index (χ3v) is 8.74. The van der Waals surface area contributed by atoms with Gasteiger partial charge in [-0.1, -0.05) is 78.9 Å². The topological polar surface area (TPSA) is 83.5 Å². The highest BCUT2D eigenvalue weighted by molar-refractivity contribution is 6.26. The van der Waals surface area contributed by atoms with Gasteiger partial charge in [-0.15, -0.1) is 0 Å². The molecule has 0 aromatic heterocycles. The van der Waals surface area contributed by atoms with Crippen LogP contribution in [0.3, 0.4) is 0 Å². The van der Waals surface area contributed by atoms with Crippen LogP contribution in [0.1, 0.15) is 21.5 Å². The number of rotatable bonds is 11. The lowest BCUT2D eigenvalue weighted by Crippen LogP contribution is -2.50. The SMILES string of the molecule is COc1ccc(COC[C@@]2(O)CO[C@@H](C(=O)c3ccc4ccc5cccc6ccc3c4c56)[C@H]2OCc2ccc(OC)cc2)cc1. The molecule has 1 fully saturated rings. The lowest BCUT2D eigenvalue weighted by molar-refractivity contribution is -0.129. The van der Waals surface area contributed by atoms with Crippen molar-refractivity contribution in [2.24, 2.45) is 0 Å². The fraction of sp³-hybridized carbons (Fsp3) is 0.237. The summed E-state index contributed by atoms with van der Waals surface area (Å²) in [5.74, 6) is 1.24. The van der Waals surface area contributed by atoms with Crippen LogP contribution < -0.4 is 9.47 Å². The summed E-state index contributed by atoms with van der Waals surface area (Å²) in [6.45, 7) is 0.256. The fourth-order valence-electron chi connectivity index (χ4n) is 6.34. The third kappa shape index (κ3) is 5.49. The monoisotopic (exact) mass is 602 g/mol. The van der Waals surface area contributed by atoms with Crippen molar-refractivity contribution in [3.8, 4) is 11.5 Å². The van der Waals surface area contributed by atoms with Crippen molar-refractivity contribution >= 4 is 38.1 Å². The van der Waals surface area contributed by atoms with Gasteiger partial charge in [-0.2, -0.15) is 0 Å². The molecule has 0 bridgehead atoms. The summed E-state index contributed by atoms with van der Waals surface area (Å²) in [6.07, 6.45) is -2.00. The molecule has 6 aromatic carbocycles. The first-order chi connectivity index (χ1) is 22.0. The van der Waals surface area contributed by atoms with Crippen molar-refractivity contribution in [2.45, 2.75) is 31.0 Å². The number of ether oxygens (including phenoxy) is 5. The Morgan fingerprint density at radius 3 is 1.98 bits per heavy atom. The number of ketones is 1. The highest BCUT2D eigenvalue weighted by atomic mass is 16.6. The quantitative estimate of drug-likeness (QED) is 0.130. The lowest BCUT2D eigenvalue weighted by atomic mass is 9.88. The lowest BCUT2D eigenvalue weighted by Gasteiger charge is -2.30. The molecule has 0 saturated carbocycles. The second kappa shape index (κ2) is 12.1. The molecule has 0 aliphatic carbocycles. The minimum Gasteiger partial charge on any atom is -0.497 e. The van der Waals surface area contributed by atoms with Gasteiger partial charge in [0.05, 0.1) is 40.6 Å². The van der Waals surface area contributed by atoms with Gasteiger partial charge < -0.3 is 28.8 Å². The zero-order chi connectivity index (χ0) is 31.0. The summed E-state index contributed by atoms with van der Waals surface area (Å²) in [5.41, 5.74) is 0.781. The Kier molecular flexibility index (Phi) is 7.85. The molecule has 0 amide bonds. The molecule has 3 atom stereocenters. The number of hydrogen-bond donors (Lipinski definition) is 1. The van der Waals surface area contributed by atoms with E-state index in [1.54, 1.807) is 14.2 Å². The van der Waals surface area contributed by atoms with Crippen molar-refractivity contribution in [1.82, 2.24) is 0 Å². The number of carbonyl (C=O) groups is 1. The molecule has 1 N–H and O–H groups in total. The molecule has 1 aliphatic rings. The van der Waals surface area contributed by atoms with Crippen LogP contribution in [-0.2, 0) is 27.4 Å². The smallest absolute Gasteiger partial charge is 0.194 e. The van der Waals surface area contributed by atoms with Crippen LogP contribution in [0.25, 0.3) is 32.3 Å². The molecule has 0 spiro atoms.